The summed E-state index contributed by atoms with van der Waals surface area (Å²) >= 11 is 1.35. The Labute approximate surface area is 409 Å². The van der Waals surface area contributed by atoms with Crippen LogP contribution in [0.4, 0.5) is 4.79 Å². The fourth-order valence-electron chi connectivity index (χ4n) is 10.2. The topological polar surface area (TPSA) is 191 Å². The van der Waals surface area contributed by atoms with Gasteiger partial charge in [-0.2, -0.15) is 5.43 Å². The Bertz CT molecular complexity index is 2570. The van der Waals surface area contributed by atoms with Crippen LogP contribution in [0.5, 0.6) is 0 Å². The molecule has 0 radical (unpaired) electrons. The number of cyclic esters (lactones) is 1. The van der Waals surface area contributed by atoms with Crippen molar-refractivity contribution in [2.24, 2.45) is 16.3 Å². The molecular weight excluding hydrogens is 899 g/mol. The van der Waals surface area contributed by atoms with Crippen LogP contribution < -0.4 is 10.7 Å². The number of hydrogen-bond acceptors (Lipinski definition) is 12. The van der Waals surface area contributed by atoms with Gasteiger partial charge in [0.1, 0.15) is 12.1 Å². The number of methoxy groups -OCH3 is 1. The molecule has 2 saturated heterocycles. The zero-order valence-corrected chi connectivity index (χ0v) is 42.4. The van der Waals surface area contributed by atoms with Gasteiger partial charge in [-0.25, -0.2) is 14.6 Å². The minimum absolute atomic E-state index is 0.0223. The van der Waals surface area contributed by atoms with Crippen molar-refractivity contribution in [1.29, 1.82) is 0 Å². The largest absolute Gasteiger partial charge is 0.462 e. The van der Waals surface area contributed by atoms with Crippen LogP contribution in [0.15, 0.2) is 59.6 Å². The molecule has 4 atom stereocenters. The molecule has 2 aromatic heterocycles. The smallest absolute Gasteiger partial charge is 0.355 e. The number of rotatable bonds is 11. The van der Waals surface area contributed by atoms with Crippen LogP contribution in [-0.2, 0) is 48.0 Å². The van der Waals surface area contributed by atoms with E-state index in [1.807, 2.05) is 59.1 Å². The van der Waals surface area contributed by atoms with Gasteiger partial charge in [-0.1, -0.05) is 53.0 Å². The molecule has 5 heterocycles. The maximum Gasteiger partial charge on any atom is 0.355 e. The predicted molar refractivity (Wildman–Crippen MR) is 267 cm³/mol. The number of nitrogens with zero attached hydrogens (tertiary/aromatic N) is 7. The molecule has 4 aliphatic rings. The van der Waals surface area contributed by atoms with Crippen molar-refractivity contribution in [1.82, 2.24) is 40.0 Å². The molecule has 1 saturated carbocycles. The second kappa shape index (κ2) is 20.3. The first-order valence-electron chi connectivity index (χ1n) is 24.0. The fourth-order valence-corrected chi connectivity index (χ4v) is 11.0. The second-order valence-electron chi connectivity index (χ2n) is 19.9. The number of likely N-dealkylation sites (N-methyl/N-ethyl adjacent to an activating group) is 1. The molecule has 3 aliphatic heterocycles. The van der Waals surface area contributed by atoms with E-state index in [2.05, 4.69) is 47.5 Å². The van der Waals surface area contributed by atoms with Crippen molar-refractivity contribution in [2.75, 3.05) is 46.9 Å². The highest BCUT2D eigenvalue weighted by molar-refractivity contribution is 7.10. The lowest BCUT2D eigenvalue weighted by atomic mass is 9.84. The Morgan fingerprint density at radius 3 is 2.51 bits per heavy atom. The summed E-state index contributed by atoms with van der Waals surface area (Å²) in [5, 5.41) is 19.5. The van der Waals surface area contributed by atoms with Gasteiger partial charge in [0.15, 0.2) is 0 Å². The van der Waals surface area contributed by atoms with Crippen LogP contribution in [0, 0.1) is 11.3 Å². The molecule has 1 aromatic carbocycles. The van der Waals surface area contributed by atoms with E-state index in [-0.39, 0.29) is 56.4 Å². The highest BCUT2D eigenvalue weighted by atomic mass is 32.1. The lowest BCUT2D eigenvalue weighted by molar-refractivity contribution is -0.189. The van der Waals surface area contributed by atoms with E-state index in [0.29, 0.717) is 49.0 Å². The monoisotopic (exact) mass is 967 g/mol. The molecule has 1 spiro atoms. The number of fused-ring (bicyclic) bond motifs is 6. The van der Waals surface area contributed by atoms with Gasteiger partial charge in [0.25, 0.3) is 5.91 Å². The highest BCUT2D eigenvalue weighted by Crippen LogP contribution is 2.45. The molecule has 6 bridgehead atoms. The second-order valence-corrected chi connectivity index (χ2v) is 20.8. The van der Waals surface area contributed by atoms with Crippen molar-refractivity contribution in [3.63, 3.8) is 0 Å². The van der Waals surface area contributed by atoms with E-state index in [0.717, 1.165) is 46.1 Å². The Hall–Kier alpha value is -5.69. The summed E-state index contributed by atoms with van der Waals surface area (Å²) in [6.07, 6.45) is 6.61. The predicted octanol–water partition coefficient (Wildman–Crippen LogP) is 5.72. The summed E-state index contributed by atoms with van der Waals surface area (Å²) in [5.41, 5.74) is 5.28. The molecule has 69 heavy (non-hydrogen) atoms. The quantitative estimate of drug-likeness (QED) is 0.0929. The summed E-state index contributed by atoms with van der Waals surface area (Å²) in [4.78, 5) is 85.0. The third-order valence-electron chi connectivity index (χ3n) is 14.0. The van der Waals surface area contributed by atoms with Crippen LogP contribution in [0.25, 0.3) is 27.7 Å². The summed E-state index contributed by atoms with van der Waals surface area (Å²) in [6.45, 7) is 23.2. The number of esters is 1. The SMILES string of the molecule is C=CC(=O)N1CCN(C(=O)N(C)[C@H](C(=O)N[C@H]2Cc3nc(cs3)-c3ccc4c(c3)c(c(/C(C=C)=C(/N=CC)[C@H](C)OC)n4CC)CC(C)(C)COC(=O)[C@@]3(O)CCCN(N3)C2=O)C(C)C)C2(CC2)C1. The number of benzene rings is 1. The molecule has 7 rings (SSSR count). The summed E-state index contributed by atoms with van der Waals surface area (Å²) in [5.74, 6) is -2.62. The molecule has 3 fully saturated rings. The molecule has 3 aromatic rings. The molecule has 1 aliphatic carbocycles. The van der Waals surface area contributed by atoms with E-state index < -0.39 is 46.5 Å². The van der Waals surface area contributed by atoms with Gasteiger partial charge in [-0.3, -0.25) is 24.4 Å². The summed E-state index contributed by atoms with van der Waals surface area (Å²) in [7, 11) is 3.24. The van der Waals surface area contributed by atoms with Crippen molar-refractivity contribution < 1.29 is 38.6 Å². The number of carbonyl (C=O) groups excluding carboxylic acids is 5. The maximum absolute atomic E-state index is 14.7. The summed E-state index contributed by atoms with van der Waals surface area (Å²) < 4.78 is 14.0. The number of urea groups is 1. The van der Waals surface area contributed by atoms with E-state index in [1.54, 1.807) is 30.2 Å². The van der Waals surface area contributed by atoms with Crippen LogP contribution in [-0.4, -0.2) is 147 Å². The standard InChI is InChI=1S/C51H69N9O8S/c1-12-34(42(52-14-3)32(7)67-11)44-36-27-49(8,9)30-68-47(64)51(66)19-16-22-60(55-51)46(63)37(26-40-53-38(28-69-40)33-17-18-39(35(36)25-33)58(44)15-4)54-45(62)43(31(5)6)56(10)48(65)59-24-23-57(41(61)13-2)29-50(59)20-21-50/h12-14,17-18,25,28,31-32,37,43,55,66H,1-2,15-16,19-24,26-27,29-30H2,3-11H3,(H,54,62)/b42-34+,52-14?/t32-,37-,43-,51-/m0/s1. The third kappa shape index (κ3) is 10.2. The van der Waals surface area contributed by atoms with Crippen LogP contribution >= 0.6 is 11.3 Å². The van der Waals surface area contributed by atoms with Gasteiger partial charge in [0.2, 0.25) is 17.5 Å². The number of amides is 5. The first-order valence-corrected chi connectivity index (χ1v) is 24.9. The number of aromatic nitrogens is 2. The average molecular weight is 968 g/mol. The van der Waals surface area contributed by atoms with Gasteiger partial charge in [0, 0.05) is 98.8 Å². The van der Waals surface area contributed by atoms with Gasteiger partial charge in [-0.15, -0.1) is 11.3 Å². The average Bonchev–Trinajstić information content (AvgIpc) is 3.80. The normalized spacial score (nSPS) is 22.8. The number of nitrogens with one attached hydrogen (secondary N) is 2. The lowest BCUT2D eigenvalue weighted by Crippen LogP contribution is -2.67. The fraction of sp³-hybridized carbons (Fsp3) is 0.549. The number of thiazole rings is 1. The highest BCUT2D eigenvalue weighted by Gasteiger charge is 2.55. The molecule has 18 heteroatoms. The Morgan fingerprint density at radius 1 is 1.13 bits per heavy atom. The zero-order chi connectivity index (χ0) is 50.2. The van der Waals surface area contributed by atoms with Gasteiger partial charge in [-0.05, 0) is 76.1 Å². The summed E-state index contributed by atoms with van der Waals surface area (Å²) in [6, 6.07) is 3.67. The number of aliphatic hydroxyl groups is 1. The Balaban J connectivity index is 1.28. The third-order valence-corrected chi connectivity index (χ3v) is 14.8. The number of hydrogen-bond donors (Lipinski definition) is 3. The molecule has 5 amide bonds. The van der Waals surface area contributed by atoms with Crippen molar-refractivity contribution in [3.8, 4) is 11.3 Å². The van der Waals surface area contributed by atoms with E-state index in [1.165, 1.54) is 27.3 Å². The maximum atomic E-state index is 14.7. The van der Waals surface area contributed by atoms with E-state index in [4.69, 9.17) is 19.5 Å². The molecule has 3 N–H and O–H groups in total. The number of allylic oxidation sites excluding steroid dienone is 2. The zero-order valence-electron chi connectivity index (χ0n) is 41.6. The molecule has 17 nitrogen and oxygen atoms in total. The Kier molecular flexibility index (Phi) is 15.1. The van der Waals surface area contributed by atoms with Crippen molar-refractivity contribution in [2.45, 2.75) is 123 Å². The van der Waals surface area contributed by atoms with Crippen LogP contribution in [0.1, 0.15) is 90.4 Å². The molecule has 372 valence electrons. The van der Waals surface area contributed by atoms with E-state index in [9.17, 15) is 29.1 Å². The number of aryl methyl sites for hydroxylation is 1. The minimum Gasteiger partial charge on any atom is -0.462 e. The number of hydrazine groups is 1. The number of ether oxygens (including phenoxy) is 2. The first-order chi connectivity index (χ1) is 32.7. The number of carbonyl (C=O) groups is 5. The van der Waals surface area contributed by atoms with Gasteiger partial charge >= 0.3 is 12.0 Å². The number of piperazine rings is 1. The van der Waals surface area contributed by atoms with Crippen LogP contribution in [0.2, 0.25) is 0 Å². The van der Waals surface area contributed by atoms with Gasteiger partial charge in [0.05, 0.1) is 40.3 Å². The minimum atomic E-state index is -2.25. The van der Waals surface area contributed by atoms with Crippen LogP contribution in [0.3, 0.4) is 0 Å². The Morgan fingerprint density at radius 2 is 1.87 bits per heavy atom. The van der Waals surface area contributed by atoms with Gasteiger partial charge < -0.3 is 39.2 Å². The van der Waals surface area contributed by atoms with E-state index >= 15 is 0 Å². The van der Waals surface area contributed by atoms with Crippen molar-refractivity contribution >= 4 is 63.7 Å². The lowest BCUT2D eigenvalue weighted by Gasteiger charge is -2.44. The first kappa shape index (κ1) is 51.2. The molecule has 0 unspecified atom stereocenters. The number of aliphatic imine (C=N–C) groups is 1. The molecular formula is C51H69N9O8S. The van der Waals surface area contributed by atoms with Crippen molar-refractivity contribution in [3.05, 3.63) is 70.9 Å².